The van der Waals surface area contributed by atoms with Crippen molar-refractivity contribution in [1.82, 2.24) is 0 Å². The van der Waals surface area contributed by atoms with E-state index in [4.69, 9.17) is 0 Å². The van der Waals surface area contributed by atoms with Crippen molar-refractivity contribution in [2.45, 2.75) is 44.6 Å². The normalized spacial score (nSPS) is 23.9. The number of fused-ring (bicyclic) bond motifs is 3. The standard InChI is InChI=1S/C22H24N2O2/c1-22(2,3)15-12-10-14(11-13-15)20-17-7-4-6-16(17)18-8-5-9-19(24(25)26)21(18)23-20/h4-6,8-13,16-17,20,23H,7H2,1-3H3/t16-,17-,20+/m1/s1. The third kappa shape index (κ3) is 2.70. The number of benzene rings is 2. The van der Waals surface area contributed by atoms with Crippen LogP contribution >= 0.6 is 0 Å². The molecule has 0 saturated carbocycles. The van der Waals surface area contributed by atoms with Crippen LogP contribution in [0.2, 0.25) is 0 Å². The molecule has 134 valence electrons. The van der Waals surface area contributed by atoms with Crippen LogP contribution in [0.25, 0.3) is 0 Å². The maximum atomic E-state index is 11.5. The van der Waals surface area contributed by atoms with E-state index in [0.29, 0.717) is 11.6 Å². The van der Waals surface area contributed by atoms with E-state index >= 15 is 0 Å². The van der Waals surface area contributed by atoms with Gasteiger partial charge in [-0.05, 0) is 34.4 Å². The average Bonchev–Trinajstić information content (AvgIpc) is 3.09. The minimum absolute atomic E-state index is 0.0811. The van der Waals surface area contributed by atoms with Gasteiger partial charge in [0.2, 0.25) is 0 Å². The van der Waals surface area contributed by atoms with Crippen LogP contribution in [0.4, 0.5) is 11.4 Å². The Morgan fingerprint density at radius 2 is 1.85 bits per heavy atom. The van der Waals surface area contributed by atoms with E-state index in [0.717, 1.165) is 12.0 Å². The zero-order chi connectivity index (χ0) is 18.5. The molecule has 0 aromatic heterocycles. The van der Waals surface area contributed by atoms with Gasteiger partial charge >= 0.3 is 0 Å². The fourth-order valence-electron chi connectivity index (χ4n) is 4.28. The summed E-state index contributed by atoms with van der Waals surface area (Å²) >= 11 is 0. The summed E-state index contributed by atoms with van der Waals surface area (Å²) in [7, 11) is 0. The predicted octanol–water partition coefficient (Wildman–Crippen LogP) is 5.72. The quantitative estimate of drug-likeness (QED) is 0.429. The lowest BCUT2D eigenvalue weighted by molar-refractivity contribution is -0.384. The van der Waals surface area contributed by atoms with Crippen molar-refractivity contribution in [2.75, 3.05) is 5.32 Å². The minimum Gasteiger partial charge on any atom is -0.372 e. The zero-order valence-electron chi connectivity index (χ0n) is 15.4. The fourth-order valence-corrected chi connectivity index (χ4v) is 4.28. The second-order valence-corrected chi connectivity index (χ2v) is 8.35. The first kappa shape index (κ1) is 16.8. The molecule has 0 amide bonds. The summed E-state index contributed by atoms with van der Waals surface area (Å²) in [6.07, 6.45) is 5.41. The lowest BCUT2D eigenvalue weighted by Gasteiger charge is -2.37. The molecule has 0 spiro atoms. The summed E-state index contributed by atoms with van der Waals surface area (Å²) in [4.78, 5) is 11.2. The van der Waals surface area contributed by atoms with Gasteiger partial charge in [-0.3, -0.25) is 10.1 Å². The number of nitrogens with one attached hydrogen (secondary N) is 1. The van der Waals surface area contributed by atoms with Crippen molar-refractivity contribution in [3.8, 4) is 0 Å². The Kier molecular flexibility index (Phi) is 3.87. The summed E-state index contributed by atoms with van der Waals surface area (Å²) in [5.41, 5.74) is 4.49. The van der Waals surface area contributed by atoms with Gasteiger partial charge in [-0.15, -0.1) is 0 Å². The SMILES string of the molecule is CC(C)(C)c1ccc([C@@H]2Nc3c(cccc3[N+](=O)[O-])[C@@H]3C=CC[C@H]32)cc1. The first-order valence-corrected chi connectivity index (χ1v) is 9.17. The van der Waals surface area contributed by atoms with Gasteiger partial charge in [-0.1, -0.05) is 69.3 Å². The van der Waals surface area contributed by atoms with E-state index in [-0.39, 0.29) is 28.0 Å². The number of nitrogens with zero attached hydrogens (tertiary/aromatic N) is 1. The second-order valence-electron chi connectivity index (χ2n) is 8.35. The molecular weight excluding hydrogens is 324 g/mol. The van der Waals surface area contributed by atoms with Gasteiger partial charge in [0, 0.05) is 12.0 Å². The Labute approximate surface area is 154 Å². The van der Waals surface area contributed by atoms with E-state index in [9.17, 15) is 10.1 Å². The van der Waals surface area contributed by atoms with Crippen LogP contribution in [0, 0.1) is 16.0 Å². The van der Waals surface area contributed by atoms with Crippen LogP contribution in [0.15, 0.2) is 54.6 Å². The van der Waals surface area contributed by atoms with Gasteiger partial charge < -0.3 is 5.32 Å². The molecule has 0 saturated heterocycles. The molecular formula is C22H24N2O2. The highest BCUT2D eigenvalue weighted by atomic mass is 16.6. The van der Waals surface area contributed by atoms with Crippen LogP contribution in [0.1, 0.15) is 55.8 Å². The number of hydrogen-bond donors (Lipinski definition) is 1. The lowest BCUT2D eigenvalue weighted by atomic mass is 9.76. The number of nitro benzene ring substituents is 1. The molecule has 1 aliphatic carbocycles. The summed E-state index contributed by atoms with van der Waals surface area (Å²) in [6.45, 7) is 6.62. The Morgan fingerprint density at radius 1 is 1.12 bits per heavy atom. The summed E-state index contributed by atoms with van der Waals surface area (Å²) in [5.74, 6) is 0.628. The van der Waals surface area contributed by atoms with Crippen molar-refractivity contribution in [2.24, 2.45) is 5.92 Å². The Bertz CT molecular complexity index is 878. The van der Waals surface area contributed by atoms with Gasteiger partial charge in [0.15, 0.2) is 0 Å². The van der Waals surface area contributed by atoms with Crippen LogP contribution in [-0.2, 0) is 5.41 Å². The Hall–Kier alpha value is -2.62. The van der Waals surface area contributed by atoms with Gasteiger partial charge in [-0.2, -0.15) is 0 Å². The third-order valence-corrected chi connectivity index (χ3v) is 5.71. The predicted molar refractivity (Wildman–Crippen MR) is 105 cm³/mol. The summed E-state index contributed by atoms with van der Waals surface area (Å²) in [5, 5.41) is 15.0. The monoisotopic (exact) mass is 348 g/mol. The van der Waals surface area contributed by atoms with E-state index in [1.165, 1.54) is 11.1 Å². The van der Waals surface area contributed by atoms with Crippen LogP contribution in [0.3, 0.4) is 0 Å². The van der Waals surface area contributed by atoms with Crippen molar-refractivity contribution < 1.29 is 4.92 Å². The molecule has 4 nitrogen and oxygen atoms in total. The first-order chi connectivity index (χ1) is 12.4. The van der Waals surface area contributed by atoms with Gasteiger partial charge in [-0.25, -0.2) is 0 Å². The molecule has 2 aromatic rings. The number of rotatable bonds is 2. The van der Waals surface area contributed by atoms with Crippen molar-refractivity contribution in [1.29, 1.82) is 0 Å². The minimum atomic E-state index is -0.287. The fraction of sp³-hybridized carbons (Fsp3) is 0.364. The molecule has 26 heavy (non-hydrogen) atoms. The molecule has 1 N–H and O–H groups in total. The largest absolute Gasteiger partial charge is 0.372 e. The highest BCUT2D eigenvalue weighted by Crippen LogP contribution is 2.52. The molecule has 4 rings (SSSR count). The van der Waals surface area contributed by atoms with Crippen LogP contribution in [-0.4, -0.2) is 4.92 Å². The molecule has 4 heteroatoms. The van der Waals surface area contributed by atoms with Crippen molar-refractivity contribution in [3.63, 3.8) is 0 Å². The zero-order valence-corrected chi connectivity index (χ0v) is 15.4. The molecule has 3 atom stereocenters. The summed E-state index contributed by atoms with van der Waals surface area (Å²) in [6, 6.07) is 14.2. The topological polar surface area (TPSA) is 55.2 Å². The molecule has 2 aromatic carbocycles. The maximum Gasteiger partial charge on any atom is 0.292 e. The maximum absolute atomic E-state index is 11.5. The number of hydrogen-bond acceptors (Lipinski definition) is 3. The molecule has 1 heterocycles. The highest BCUT2D eigenvalue weighted by molar-refractivity contribution is 5.71. The number of para-hydroxylation sites is 1. The second kappa shape index (κ2) is 5.97. The molecule has 2 aliphatic rings. The molecule has 0 fully saturated rings. The first-order valence-electron chi connectivity index (χ1n) is 9.17. The third-order valence-electron chi connectivity index (χ3n) is 5.71. The lowest BCUT2D eigenvalue weighted by Crippen LogP contribution is -2.29. The molecule has 1 aliphatic heterocycles. The highest BCUT2D eigenvalue weighted by Gasteiger charge is 2.40. The van der Waals surface area contributed by atoms with E-state index in [1.807, 2.05) is 6.07 Å². The average molecular weight is 348 g/mol. The Balaban J connectivity index is 1.76. The van der Waals surface area contributed by atoms with E-state index < -0.39 is 0 Å². The Morgan fingerprint density at radius 3 is 2.50 bits per heavy atom. The molecule has 0 unspecified atom stereocenters. The number of nitro groups is 1. The number of allylic oxidation sites excluding steroid dienone is 2. The van der Waals surface area contributed by atoms with Crippen LogP contribution in [0.5, 0.6) is 0 Å². The molecule has 0 radical (unpaired) electrons. The summed E-state index contributed by atoms with van der Waals surface area (Å²) < 4.78 is 0. The van der Waals surface area contributed by atoms with Crippen LogP contribution < -0.4 is 5.32 Å². The van der Waals surface area contributed by atoms with Gasteiger partial charge in [0.25, 0.3) is 5.69 Å². The van der Waals surface area contributed by atoms with Gasteiger partial charge in [0.1, 0.15) is 5.69 Å². The number of anilines is 1. The smallest absolute Gasteiger partial charge is 0.292 e. The van der Waals surface area contributed by atoms with Crippen molar-refractivity contribution in [3.05, 3.63) is 81.4 Å². The van der Waals surface area contributed by atoms with Crippen molar-refractivity contribution >= 4 is 11.4 Å². The van der Waals surface area contributed by atoms with E-state index in [2.05, 4.69) is 62.5 Å². The van der Waals surface area contributed by atoms with Gasteiger partial charge in [0.05, 0.1) is 11.0 Å². The van der Waals surface area contributed by atoms with E-state index in [1.54, 1.807) is 12.1 Å². The molecule has 0 bridgehead atoms.